The monoisotopic (exact) mass is 281 g/mol. The van der Waals surface area contributed by atoms with Gasteiger partial charge in [-0.3, -0.25) is 0 Å². The summed E-state index contributed by atoms with van der Waals surface area (Å²) in [5.41, 5.74) is 6.41. The maximum atomic E-state index is 11.1. The highest BCUT2D eigenvalue weighted by Crippen LogP contribution is 2.10. The topological polar surface area (TPSA) is 111 Å². The summed E-state index contributed by atoms with van der Waals surface area (Å²) in [5.74, 6) is 1.13. The first kappa shape index (κ1) is 13.6. The minimum atomic E-state index is -3.63. The number of rotatable bonds is 5. The molecular weight excluding hydrogens is 266 g/mol. The van der Waals surface area contributed by atoms with Crippen LogP contribution in [0.1, 0.15) is 11.3 Å². The van der Waals surface area contributed by atoms with Crippen molar-refractivity contribution in [2.75, 3.05) is 5.73 Å². The van der Waals surface area contributed by atoms with Crippen molar-refractivity contribution in [3.8, 4) is 0 Å². The first-order valence-corrected chi connectivity index (χ1v) is 7.16. The van der Waals surface area contributed by atoms with Crippen LogP contribution in [0.15, 0.2) is 45.7 Å². The van der Waals surface area contributed by atoms with Gasteiger partial charge in [-0.2, -0.15) is 0 Å². The molecule has 1 heterocycles. The van der Waals surface area contributed by atoms with Crippen molar-refractivity contribution in [3.05, 3.63) is 47.7 Å². The van der Waals surface area contributed by atoms with Crippen molar-refractivity contribution in [1.29, 1.82) is 0 Å². The Labute approximate surface area is 111 Å². The van der Waals surface area contributed by atoms with Gasteiger partial charge in [0.25, 0.3) is 0 Å². The predicted molar refractivity (Wildman–Crippen MR) is 71.5 cm³/mol. The van der Waals surface area contributed by atoms with Gasteiger partial charge in [-0.1, -0.05) is 12.1 Å². The van der Waals surface area contributed by atoms with Crippen molar-refractivity contribution in [1.82, 2.24) is 5.32 Å². The minimum Gasteiger partial charge on any atom is -0.445 e. The van der Waals surface area contributed by atoms with Gasteiger partial charge in [-0.15, -0.1) is 0 Å². The molecule has 6 nitrogen and oxygen atoms in total. The molecule has 0 amide bonds. The highest BCUT2D eigenvalue weighted by molar-refractivity contribution is 7.89. The molecule has 0 unspecified atom stereocenters. The van der Waals surface area contributed by atoms with Crippen LogP contribution < -0.4 is 16.2 Å². The summed E-state index contributed by atoms with van der Waals surface area (Å²) in [6.07, 6.45) is 0. The number of furan rings is 1. The number of nitrogens with two attached hydrogens (primary N) is 2. The largest absolute Gasteiger partial charge is 0.445 e. The fourth-order valence-corrected chi connectivity index (χ4v) is 2.13. The standard InChI is InChI=1S/C12H15N3O3S/c13-12-6-3-10(18-12)8-15-7-9-1-4-11(5-2-9)19(14,16)17/h1-6,15H,7-8,13H2,(H2,14,16,17). The Morgan fingerprint density at radius 1 is 1.05 bits per heavy atom. The van der Waals surface area contributed by atoms with E-state index in [1.807, 2.05) is 0 Å². The van der Waals surface area contributed by atoms with E-state index in [2.05, 4.69) is 5.32 Å². The van der Waals surface area contributed by atoms with Crippen LogP contribution in [0.4, 0.5) is 5.88 Å². The van der Waals surface area contributed by atoms with Crippen LogP contribution in [0.25, 0.3) is 0 Å². The number of anilines is 1. The zero-order valence-corrected chi connectivity index (χ0v) is 11.0. The number of nitrogen functional groups attached to an aromatic ring is 1. The molecule has 0 spiro atoms. The first-order valence-electron chi connectivity index (χ1n) is 5.62. The average molecular weight is 281 g/mol. The van der Waals surface area contributed by atoms with Gasteiger partial charge in [-0.05, 0) is 23.8 Å². The van der Waals surface area contributed by atoms with Crippen LogP contribution in [-0.4, -0.2) is 8.42 Å². The van der Waals surface area contributed by atoms with Crippen molar-refractivity contribution in [3.63, 3.8) is 0 Å². The van der Waals surface area contributed by atoms with E-state index >= 15 is 0 Å². The number of hydrogen-bond acceptors (Lipinski definition) is 5. The van der Waals surface area contributed by atoms with Gasteiger partial charge < -0.3 is 15.5 Å². The number of nitrogens with one attached hydrogen (secondary N) is 1. The Balaban J connectivity index is 1.90. The summed E-state index contributed by atoms with van der Waals surface area (Å²) in [4.78, 5) is 0.107. The zero-order valence-electron chi connectivity index (χ0n) is 10.2. The highest BCUT2D eigenvalue weighted by atomic mass is 32.2. The van der Waals surface area contributed by atoms with Gasteiger partial charge >= 0.3 is 0 Å². The Hall–Kier alpha value is -1.83. The molecule has 0 aliphatic carbocycles. The Kier molecular flexibility index (Phi) is 3.89. The molecule has 2 rings (SSSR count). The molecule has 0 fully saturated rings. The second-order valence-electron chi connectivity index (χ2n) is 4.10. The zero-order chi connectivity index (χ0) is 13.9. The molecule has 2 aromatic rings. The van der Waals surface area contributed by atoms with Crippen molar-refractivity contribution < 1.29 is 12.8 Å². The lowest BCUT2D eigenvalue weighted by Gasteiger charge is -2.04. The quantitative estimate of drug-likeness (QED) is 0.750. The fraction of sp³-hybridized carbons (Fsp3) is 0.167. The smallest absolute Gasteiger partial charge is 0.238 e. The minimum absolute atomic E-state index is 0.107. The molecule has 7 heteroatoms. The van der Waals surface area contributed by atoms with Gasteiger partial charge in [0.05, 0.1) is 11.4 Å². The van der Waals surface area contributed by atoms with E-state index in [1.165, 1.54) is 12.1 Å². The van der Waals surface area contributed by atoms with Gasteiger partial charge in [0, 0.05) is 12.6 Å². The molecule has 0 saturated heterocycles. The molecule has 0 aliphatic heterocycles. The van der Waals surface area contributed by atoms with E-state index in [1.54, 1.807) is 24.3 Å². The summed E-state index contributed by atoms with van der Waals surface area (Å²) in [5, 5.41) is 8.18. The van der Waals surface area contributed by atoms with Crippen molar-refractivity contribution >= 4 is 15.9 Å². The highest BCUT2D eigenvalue weighted by Gasteiger charge is 2.06. The summed E-state index contributed by atoms with van der Waals surface area (Å²) < 4.78 is 27.4. The molecule has 0 atom stereocenters. The molecule has 5 N–H and O–H groups in total. The Bertz CT molecular complexity index is 647. The Morgan fingerprint density at radius 3 is 2.26 bits per heavy atom. The third-order valence-electron chi connectivity index (χ3n) is 2.56. The van der Waals surface area contributed by atoms with Crippen LogP contribution >= 0.6 is 0 Å². The van der Waals surface area contributed by atoms with Crippen LogP contribution in [-0.2, 0) is 23.1 Å². The lowest BCUT2D eigenvalue weighted by Crippen LogP contribution is -2.14. The van der Waals surface area contributed by atoms with Crippen molar-refractivity contribution in [2.24, 2.45) is 5.14 Å². The third-order valence-corrected chi connectivity index (χ3v) is 3.49. The van der Waals surface area contributed by atoms with Gasteiger partial charge in [0.1, 0.15) is 5.76 Å². The molecule has 0 bridgehead atoms. The van der Waals surface area contributed by atoms with E-state index in [9.17, 15) is 8.42 Å². The van der Waals surface area contributed by atoms with Crippen molar-refractivity contribution in [2.45, 2.75) is 18.0 Å². The lowest BCUT2D eigenvalue weighted by molar-refractivity contribution is 0.497. The number of primary sulfonamides is 1. The summed E-state index contributed by atoms with van der Waals surface area (Å²) in [7, 11) is -3.63. The van der Waals surface area contributed by atoms with Gasteiger partial charge in [0.15, 0.2) is 5.88 Å². The van der Waals surface area contributed by atoms with E-state index in [-0.39, 0.29) is 4.90 Å². The van der Waals surface area contributed by atoms with E-state index < -0.39 is 10.0 Å². The fourth-order valence-electron chi connectivity index (χ4n) is 1.62. The number of benzene rings is 1. The average Bonchev–Trinajstić information content (AvgIpc) is 2.75. The summed E-state index contributed by atoms with van der Waals surface area (Å²) in [6.45, 7) is 1.14. The normalized spacial score (nSPS) is 11.6. The van der Waals surface area contributed by atoms with Crippen LogP contribution in [0.5, 0.6) is 0 Å². The molecule has 1 aromatic heterocycles. The van der Waals surface area contributed by atoms with Crippen LogP contribution in [0, 0.1) is 0 Å². The number of hydrogen-bond donors (Lipinski definition) is 3. The maximum Gasteiger partial charge on any atom is 0.238 e. The molecule has 1 aromatic carbocycles. The summed E-state index contributed by atoms with van der Waals surface area (Å²) in [6, 6.07) is 9.88. The van der Waals surface area contributed by atoms with E-state index in [0.717, 1.165) is 11.3 Å². The molecule has 19 heavy (non-hydrogen) atoms. The lowest BCUT2D eigenvalue weighted by atomic mass is 10.2. The molecule has 0 radical (unpaired) electrons. The first-order chi connectivity index (χ1) is 8.95. The summed E-state index contributed by atoms with van der Waals surface area (Å²) >= 11 is 0. The maximum absolute atomic E-state index is 11.1. The van der Waals surface area contributed by atoms with Gasteiger partial charge in [-0.25, -0.2) is 13.6 Å². The second kappa shape index (κ2) is 5.43. The SMILES string of the molecule is Nc1ccc(CNCc2ccc(S(N)(=O)=O)cc2)o1. The van der Waals surface area contributed by atoms with Crippen LogP contribution in [0.2, 0.25) is 0 Å². The molecule has 0 aliphatic rings. The second-order valence-corrected chi connectivity index (χ2v) is 5.66. The molecular formula is C12H15N3O3S. The molecule has 102 valence electrons. The van der Waals surface area contributed by atoms with Crippen LogP contribution in [0.3, 0.4) is 0 Å². The Morgan fingerprint density at radius 2 is 1.74 bits per heavy atom. The van der Waals surface area contributed by atoms with E-state index in [0.29, 0.717) is 19.0 Å². The number of sulfonamides is 1. The molecule has 0 saturated carbocycles. The van der Waals surface area contributed by atoms with Gasteiger partial charge in [0.2, 0.25) is 10.0 Å². The van der Waals surface area contributed by atoms with E-state index in [4.69, 9.17) is 15.3 Å². The predicted octanol–water partition coefficient (Wildman–Crippen LogP) is 0.799. The third kappa shape index (κ3) is 3.82.